The number of aromatic nitrogens is 2. The Morgan fingerprint density at radius 2 is 1.90 bits per heavy atom. The number of amides is 2. The maximum Gasteiger partial charge on any atom is 0.320 e. The first-order valence-corrected chi connectivity index (χ1v) is 10.3. The van der Waals surface area contributed by atoms with E-state index in [4.69, 9.17) is 14.0 Å². The fraction of sp³-hybridized carbons (Fsp3) is 0.571. The summed E-state index contributed by atoms with van der Waals surface area (Å²) in [7, 11) is 1.63. The molecule has 1 saturated heterocycles. The zero-order valence-electron chi connectivity index (χ0n) is 16.9. The summed E-state index contributed by atoms with van der Waals surface area (Å²) < 4.78 is 16.1. The van der Waals surface area contributed by atoms with Crippen LogP contribution in [0.3, 0.4) is 0 Å². The van der Waals surface area contributed by atoms with Crippen molar-refractivity contribution in [2.24, 2.45) is 0 Å². The largest absolute Gasteiger partial charge is 0.497 e. The molecule has 4 rings (SSSR count). The van der Waals surface area contributed by atoms with Crippen LogP contribution in [0.1, 0.15) is 38.0 Å². The fourth-order valence-electron chi connectivity index (χ4n) is 4.00. The summed E-state index contributed by atoms with van der Waals surface area (Å²) in [6.45, 7) is 2.77. The quantitative estimate of drug-likeness (QED) is 0.766. The van der Waals surface area contributed by atoms with Crippen molar-refractivity contribution in [3.05, 3.63) is 30.2 Å². The lowest BCUT2D eigenvalue weighted by atomic mass is 9.94. The molecule has 1 aliphatic carbocycles. The lowest BCUT2D eigenvalue weighted by molar-refractivity contribution is 0.0341. The highest BCUT2D eigenvalue weighted by Gasteiger charge is 2.31. The second-order valence-corrected chi connectivity index (χ2v) is 7.54. The summed E-state index contributed by atoms with van der Waals surface area (Å²) in [6.07, 6.45) is 5.58. The van der Waals surface area contributed by atoms with Gasteiger partial charge in [0.2, 0.25) is 11.7 Å². The Morgan fingerprint density at radius 3 is 2.59 bits per heavy atom. The molecule has 0 spiro atoms. The number of carbonyl (C=O) groups is 1. The van der Waals surface area contributed by atoms with Crippen LogP contribution in [0.5, 0.6) is 5.75 Å². The monoisotopic (exact) mass is 400 g/mol. The molecule has 0 bridgehead atoms. The van der Waals surface area contributed by atoms with Gasteiger partial charge in [-0.05, 0) is 37.1 Å². The third kappa shape index (κ3) is 4.70. The average Bonchev–Trinajstić information content (AvgIpc) is 3.27. The molecule has 2 aromatic rings. The van der Waals surface area contributed by atoms with Crippen molar-refractivity contribution < 1.29 is 18.8 Å². The number of nitrogens with zero attached hydrogens (tertiary/aromatic N) is 4. The molecular weight excluding hydrogens is 372 g/mol. The Labute approximate surface area is 170 Å². The van der Waals surface area contributed by atoms with Gasteiger partial charge >= 0.3 is 6.03 Å². The van der Waals surface area contributed by atoms with Gasteiger partial charge < -0.3 is 23.8 Å². The molecule has 2 fully saturated rings. The first-order chi connectivity index (χ1) is 14.2. The molecule has 156 valence electrons. The minimum Gasteiger partial charge on any atom is -0.497 e. The van der Waals surface area contributed by atoms with Gasteiger partial charge in [0.25, 0.3) is 0 Å². The van der Waals surface area contributed by atoms with E-state index in [1.807, 2.05) is 34.1 Å². The third-order valence-corrected chi connectivity index (χ3v) is 5.66. The lowest BCUT2D eigenvalue weighted by Gasteiger charge is -2.38. The Kier molecular flexibility index (Phi) is 6.29. The highest BCUT2D eigenvalue weighted by molar-refractivity contribution is 5.75. The Morgan fingerprint density at radius 1 is 1.17 bits per heavy atom. The second-order valence-electron chi connectivity index (χ2n) is 7.54. The molecule has 29 heavy (non-hydrogen) atoms. The maximum atomic E-state index is 13.2. The molecule has 0 atom stereocenters. The number of rotatable bonds is 5. The van der Waals surface area contributed by atoms with E-state index in [0.29, 0.717) is 44.6 Å². The van der Waals surface area contributed by atoms with Crippen molar-refractivity contribution in [3.63, 3.8) is 0 Å². The van der Waals surface area contributed by atoms with Crippen LogP contribution in [-0.4, -0.2) is 65.4 Å². The first-order valence-electron chi connectivity index (χ1n) is 10.3. The van der Waals surface area contributed by atoms with Crippen LogP contribution in [0.25, 0.3) is 11.4 Å². The lowest BCUT2D eigenvalue weighted by Crippen LogP contribution is -2.51. The average molecular weight is 400 g/mol. The molecule has 2 aliphatic rings. The minimum absolute atomic E-state index is 0.0457. The van der Waals surface area contributed by atoms with Crippen LogP contribution in [0.4, 0.5) is 4.79 Å². The molecule has 2 heterocycles. The molecular formula is C21H28N4O4. The topological polar surface area (TPSA) is 80.9 Å². The van der Waals surface area contributed by atoms with Crippen molar-refractivity contribution in [3.8, 4) is 17.1 Å². The summed E-state index contributed by atoms with van der Waals surface area (Å²) in [4.78, 5) is 21.6. The van der Waals surface area contributed by atoms with Crippen molar-refractivity contribution >= 4 is 6.03 Å². The summed E-state index contributed by atoms with van der Waals surface area (Å²) in [6, 6.07) is 7.78. The van der Waals surface area contributed by atoms with Crippen molar-refractivity contribution in [2.75, 3.05) is 33.4 Å². The van der Waals surface area contributed by atoms with Crippen LogP contribution in [0, 0.1) is 0 Å². The Hall–Kier alpha value is -2.61. The van der Waals surface area contributed by atoms with E-state index >= 15 is 0 Å². The molecule has 1 aromatic carbocycles. The van der Waals surface area contributed by atoms with Gasteiger partial charge in [-0.3, -0.25) is 0 Å². The number of hydrogen-bond donors (Lipinski definition) is 0. The number of urea groups is 1. The van der Waals surface area contributed by atoms with Gasteiger partial charge in [0.1, 0.15) is 12.3 Å². The van der Waals surface area contributed by atoms with Crippen LogP contribution in [0.2, 0.25) is 0 Å². The molecule has 2 amide bonds. The zero-order chi connectivity index (χ0) is 20.1. The summed E-state index contributed by atoms with van der Waals surface area (Å²) in [5.74, 6) is 1.75. The molecule has 1 aromatic heterocycles. The number of morpholine rings is 1. The number of carbonyl (C=O) groups excluding carboxylic acids is 1. The fourth-order valence-corrected chi connectivity index (χ4v) is 4.00. The van der Waals surface area contributed by atoms with Gasteiger partial charge in [0, 0.05) is 24.7 Å². The van der Waals surface area contributed by atoms with E-state index in [-0.39, 0.29) is 12.1 Å². The first kappa shape index (κ1) is 19.7. The number of hydrogen-bond acceptors (Lipinski definition) is 6. The minimum atomic E-state index is 0.0457. The van der Waals surface area contributed by atoms with E-state index < -0.39 is 0 Å². The Bertz CT molecular complexity index is 795. The maximum absolute atomic E-state index is 13.2. The zero-order valence-corrected chi connectivity index (χ0v) is 16.9. The normalized spacial score (nSPS) is 17.9. The molecule has 1 aliphatic heterocycles. The summed E-state index contributed by atoms with van der Waals surface area (Å²) in [5, 5.41) is 4.11. The van der Waals surface area contributed by atoms with E-state index in [1.165, 1.54) is 6.42 Å². The number of benzene rings is 1. The van der Waals surface area contributed by atoms with Gasteiger partial charge in [0.15, 0.2) is 0 Å². The van der Waals surface area contributed by atoms with E-state index in [1.54, 1.807) is 7.11 Å². The van der Waals surface area contributed by atoms with Crippen LogP contribution in [-0.2, 0) is 11.3 Å². The summed E-state index contributed by atoms with van der Waals surface area (Å²) in [5.41, 5.74) is 0.851. The van der Waals surface area contributed by atoms with Gasteiger partial charge in [-0.15, -0.1) is 0 Å². The molecule has 0 radical (unpaired) electrons. The van der Waals surface area contributed by atoms with Crippen molar-refractivity contribution in [2.45, 2.75) is 44.7 Å². The molecule has 8 nitrogen and oxygen atoms in total. The van der Waals surface area contributed by atoms with Crippen molar-refractivity contribution in [1.29, 1.82) is 0 Å². The predicted octanol–water partition coefficient (Wildman–Crippen LogP) is 3.33. The van der Waals surface area contributed by atoms with Crippen LogP contribution in [0.15, 0.2) is 28.8 Å². The standard InChI is InChI=1S/C21H28N4O4/c1-27-18-9-7-16(8-10-18)20-22-19(29-23-20)15-25(17-5-3-2-4-6-17)21(26)24-11-13-28-14-12-24/h7-10,17H,2-6,11-15H2,1H3. The molecule has 8 heteroatoms. The predicted molar refractivity (Wildman–Crippen MR) is 106 cm³/mol. The molecule has 0 N–H and O–H groups in total. The van der Waals surface area contributed by atoms with Crippen LogP contribution < -0.4 is 4.74 Å². The molecule has 0 unspecified atom stereocenters. The SMILES string of the molecule is COc1ccc(-c2noc(CN(C(=O)N3CCOCC3)C3CCCCC3)n2)cc1. The van der Waals surface area contributed by atoms with Gasteiger partial charge in [-0.25, -0.2) is 4.79 Å². The van der Waals surface area contributed by atoms with Gasteiger partial charge in [0.05, 0.1) is 20.3 Å². The number of ether oxygens (including phenoxy) is 2. The second kappa shape index (κ2) is 9.26. The number of methoxy groups -OCH3 is 1. The van der Waals surface area contributed by atoms with Gasteiger partial charge in [-0.1, -0.05) is 24.4 Å². The van der Waals surface area contributed by atoms with Crippen LogP contribution >= 0.6 is 0 Å². The van der Waals surface area contributed by atoms with E-state index in [0.717, 1.165) is 37.0 Å². The Balaban J connectivity index is 1.50. The highest BCUT2D eigenvalue weighted by atomic mass is 16.5. The van der Waals surface area contributed by atoms with Gasteiger partial charge in [-0.2, -0.15) is 4.98 Å². The molecule has 1 saturated carbocycles. The smallest absolute Gasteiger partial charge is 0.320 e. The highest BCUT2D eigenvalue weighted by Crippen LogP contribution is 2.26. The van der Waals surface area contributed by atoms with Crippen molar-refractivity contribution in [1.82, 2.24) is 19.9 Å². The van der Waals surface area contributed by atoms with E-state index in [9.17, 15) is 4.79 Å². The third-order valence-electron chi connectivity index (χ3n) is 5.66. The van der Waals surface area contributed by atoms with E-state index in [2.05, 4.69) is 10.1 Å². The summed E-state index contributed by atoms with van der Waals surface area (Å²) >= 11 is 0.